The smallest absolute Gasteiger partial charge is 0.254 e. The first kappa shape index (κ1) is 22.1. The summed E-state index contributed by atoms with van der Waals surface area (Å²) in [7, 11) is 1.31. The number of methoxy groups -OCH3 is 1. The highest BCUT2D eigenvalue weighted by atomic mass is 19.1. The van der Waals surface area contributed by atoms with E-state index in [1.165, 1.54) is 13.2 Å². The molecule has 29 heavy (non-hydrogen) atoms. The van der Waals surface area contributed by atoms with Crippen LogP contribution in [0.4, 0.5) is 4.39 Å². The fourth-order valence-electron chi connectivity index (χ4n) is 2.64. The third-order valence-electron chi connectivity index (χ3n) is 4.02. The van der Waals surface area contributed by atoms with Crippen molar-refractivity contribution in [3.63, 3.8) is 0 Å². The summed E-state index contributed by atoms with van der Waals surface area (Å²) in [5.74, 6) is -0.835. The molecule has 0 radical (unpaired) electrons. The third kappa shape index (κ3) is 5.91. The number of benzene rings is 2. The van der Waals surface area contributed by atoms with E-state index in [-0.39, 0.29) is 36.8 Å². The van der Waals surface area contributed by atoms with Crippen LogP contribution in [0.15, 0.2) is 36.4 Å². The van der Waals surface area contributed by atoms with Crippen LogP contribution in [0.3, 0.4) is 0 Å². The largest absolute Gasteiger partial charge is 0.490 e. The summed E-state index contributed by atoms with van der Waals surface area (Å²) in [6, 6.07) is 11.2. The molecule has 0 aromatic heterocycles. The first-order chi connectivity index (χ1) is 14.0. The predicted molar refractivity (Wildman–Crippen MR) is 103 cm³/mol. The van der Waals surface area contributed by atoms with Gasteiger partial charge in [0, 0.05) is 25.3 Å². The van der Waals surface area contributed by atoms with Gasteiger partial charge in [-0.1, -0.05) is 12.1 Å². The summed E-state index contributed by atoms with van der Waals surface area (Å²) in [5.41, 5.74) is 1.31. The Bertz CT molecular complexity index is 865. The average Bonchev–Trinajstić information content (AvgIpc) is 2.74. The van der Waals surface area contributed by atoms with Crippen LogP contribution < -0.4 is 14.8 Å². The first-order valence-corrected chi connectivity index (χ1v) is 9.03. The lowest BCUT2D eigenvalue weighted by Crippen LogP contribution is -2.30. The average molecular weight is 402 g/mol. The maximum atomic E-state index is 14.7. The Morgan fingerprint density at radius 3 is 2.52 bits per heavy atom. The van der Waals surface area contributed by atoms with Crippen molar-refractivity contribution in [3.05, 3.63) is 58.9 Å². The highest BCUT2D eigenvalue weighted by molar-refractivity contribution is 5.82. The number of carbonyl (C=O) groups is 1. The number of aliphatic hydroxyl groups excluding tert-OH is 1. The second-order valence-corrected chi connectivity index (χ2v) is 5.97. The zero-order chi connectivity index (χ0) is 21.2. The van der Waals surface area contributed by atoms with E-state index in [1.54, 1.807) is 31.2 Å². The first-order valence-electron chi connectivity index (χ1n) is 9.03. The Morgan fingerprint density at radius 1 is 1.24 bits per heavy atom. The van der Waals surface area contributed by atoms with E-state index in [2.05, 4.69) is 5.32 Å². The molecule has 2 N–H and O–H groups in total. The van der Waals surface area contributed by atoms with Crippen LogP contribution >= 0.6 is 0 Å². The number of carbonyl (C=O) groups excluding carboxylic acids is 1. The molecule has 0 spiro atoms. The molecular formula is C21H23FN2O5. The molecular weight excluding hydrogens is 379 g/mol. The van der Waals surface area contributed by atoms with Crippen molar-refractivity contribution in [1.29, 1.82) is 5.26 Å². The minimum atomic E-state index is -1.19. The number of hydrogen-bond donors (Lipinski definition) is 2. The van der Waals surface area contributed by atoms with Crippen molar-refractivity contribution >= 4 is 5.91 Å². The molecule has 154 valence electrons. The van der Waals surface area contributed by atoms with Crippen LogP contribution in [0, 0.1) is 17.1 Å². The fourth-order valence-corrected chi connectivity index (χ4v) is 2.64. The summed E-state index contributed by atoms with van der Waals surface area (Å²) in [4.78, 5) is 12.6. The number of ether oxygens (including phenoxy) is 3. The van der Waals surface area contributed by atoms with Gasteiger partial charge in [-0.15, -0.1) is 0 Å². The lowest BCUT2D eigenvalue weighted by Gasteiger charge is -2.19. The molecule has 0 aliphatic rings. The molecule has 0 fully saturated rings. The number of halogens is 1. The van der Waals surface area contributed by atoms with Crippen LogP contribution in [0.1, 0.15) is 29.7 Å². The number of nitriles is 1. The van der Waals surface area contributed by atoms with Crippen LogP contribution in [-0.4, -0.2) is 37.9 Å². The van der Waals surface area contributed by atoms with E-state index in [4.69, 9.17) is 24.6 Å². The van der Waals surface area contributed by atoms with E-state index >= 15 is 0 Å². The molecule has 2 aromatic rings. The van der Waals surface area contributed by atoms with Crippen molar-refractivity contribution in [2.45, 2.75) is 19.6 Å². The second-order valence-electron chi connectivity index (χ2n) is 5.97. The van der Waals surface area contributed by atoms with Gasteiger partial charge in [0.1, 0.15) is 12.4 Å². The van der Waals surface area contributed by atoms with Gasteiger partial charge in [-0.3, -0.25) is 4.79 Å². The Balaban J connectivity index is 2.18. The predicted octanol–water partition coefficient (Wildman–Crippen LogP) is 2.47. The Morgan fingerprint density at radius 2 is 1.93 bits per heavy atom. The normalized spacial score (nSPS) is 11.4. The van der Waals surface area contributed by atoms with Gasteiger partial charge in [-0.2, -0.15) is 5.26 Å². The Labute approximate surface area is 168 Å². The number of nitrogens with one attached hydrogen (secondary N) is 1. The molecule has 0 aliphatic heterocycles. The molecule has 1 atom stereocenters. The Hall–Kier alpha value is -3.15. The van der Waals surface area contributed by atoms with Gasteiger partial charge in [0.05, 0.1) is 24.8 Å². The van der Waals surface area contributed by atoms with Gasteiger partial charge in [0.25, 0.3) is 5.91 Å². The van der Waals surface area contributed by atoms with Crippen molar-refractivity contribution < 1.29 is 28.5 Å². The highest BCUT2D eigenvalue weighted by Crippen LogP contribution is 2.34. The molecule has 1 amide bonds. The standard InChI is InChI=1S/C21H23FN2O5/c1-3-28-18-10-16(17(22)11-19(18)29-9-8-25)20(27-2)21(26)24-13-15-6-4-14(12-23)5-7-15/h4-7,10-11,20,25H,3,8-9,13H2,1-2H3,(H,24,26)/t20-/m0/s1. The summed E-state index contributed by atoms with van der Waals surface area (Å²) in [6.07, 6.45) is -1.19. The molecule has 2 rings (SSSR count). The molecule has 0 aliphatic carbocycles. The fraction of sp³-hybridized carbons (Fsp3) is 0.333. The maximum Gasteiger partial charge on any atom is 0.254 e. The maximum absolute atomic E-state index is 14.7. The monoisotopic (exact) mass is 402 g/mol. The number of amides is 1. The van der Waals surface area contributed by atoms with Gasteiger partial charge >= 0.3 is 0 Å². The van der Waals surface area contributed by atoms with Crippen LogP contribution in [0.5, 0.6) is 11.5 Å². The van der Waals surface area contributed by atoms with Gasteiger partial charge in [-0.25, -0.2) is 4.39 Å². The van der Waals surface area contributed by atoms with E-state index in [1.807, 2.05) is 6.07 Å². The quantitative estimate of drug-likeness (QED) is 0.633. The SMILES string of the molecule is CCOc1cc([C@H](OC)C(=O)NCc2ccc(C#N)cc2)c(F)cc1OCCO. The van der Waals surface area contributed by atoms with E-state index < -0.39 is 17.8 Å². The zero-order valence-corrected chi connectivity index (χ0v) is 16.3. The second kappa shape index (κ2) is 11.0. The third-order valence-corrected chi connectivity index (χ3v) is 4.02. The summed E-state index contributed by atoms with van der Waals surface area (Å²) in [5, 5.41) is 20.4. The number of nitrogens with zero attached hydrogens (tertiary/aromatic N) is 1. The van der Waals surface area contributed by atoms with Crippen LogP contribution in [0.2, 0.25) is 0 Å². The molecule has 0 heterocycles. The minimum Gasteiger partial charge on any atom is -0.490 e. The number of aliphatic hydroxyl groups is 1. The van der Waals surface area contributed by atoms with Crippen molar-refractivity contribution in [1.82, 2.24) is 5.32 Å². The summed E-state index contributed by atoms with van der Waals surface area (Å²) >= 11 is 0. The van der Waals surface area contributed by atoms with Crippen LogP contribution in [0.25, 0.3) is 0 Å². The molecule has 0 saturated carbocycles. The van der Waals surface area contributed by atoms with Crippen molar-refractivity contribution in [2.24, 2.45) is 0 Å². The van der Waals surface area contributed by atoms with E-state index in [0.717, 1.165) is 11.6 Å². The topological polar surface area (TPSA) is 101 Å². The van der Waals surface area contributed by atoms with Crippen LogP contribution in [-0.2, 0) is 16.1 Å². The van der Waals surface area contributed by atoms with Gasteiger partial charge in [0.15, 0.2) is 17.6 Å². The number of rotatable bonds is 10. The Kier molecular flexibility index (Phi) is 8.40. The summed E-state index contributed by atoms with van der Waals surface area (Å²) in [6.45, 7) is 2.02. The number of hydrogen-bond acceptors (Lipinski definition) is 6. The molecule has 0 saturated heterocycles. The lowest BCUT2D eigenvalue weighted by molar-refractivity contribution is -0.131. The molecule has 0 unspecified atom stereocenters. The zero-order valence-electron chi connectivity index (χ0n) is 16.3. The van der Waals surface area contributed by atoms with E-state index in [9.17, 15) is 9.18 Å². The summed E-state index contributed by atoms with van der Waals surface area (Å²) < 4.78 is 30.6. The van der Waals surface area contributed by atoms with Crippen molar-refractivity contribution in [3.8, 4) is 17.6 Å². The minimum absolute atomic E-state index is 0.00428. The van der Waals surface area contributed by atoms with Crippen molar-refractivity contribution in [2.75, 3.05) is 26.9 Å². The highest BCUT2D eigenvalue weighted by Gasteiger charge is 2.26. The van der Waals surface area contributed by atoms with E-state index in [0.29, 0.717) is 12.2 Å². The van der Waals surface area contributed by atoms with Gasteiger partial charge in [-0.05, 0) is 30.7 Å². The van der Waals surface area contributed by atoms with Gasteiger partial charge < -0.3 is 24.6 Å². The molecule has 0 bridgehead atoms. The molecule has 7 nitrogen and oxygen atoms in total. The molecule has 8 heteroatoms. The lowest BCUT2D eigenvalue weighted by atomic mass is 10.1. The molecule has 2 aromatic carbocycles. The van der Waals surface area contributed by atoms with Gasteiger partial charge in [0.2, 0.25) is 0 Å².